The SMILES string of the molecule is Cc1nn(C23CC4CC(CC(C4)C2)C3)c2c1CCNC2. The number of fused-ring (bicyclic) bond motifs is 1. The molecule has 4 saturated carbocycles. The normalized spacial score (nSPS) is 42.0. The van der Waals surface area contributed by atoms with E-state index in [1.54, 1.807) is 5.56 Å². The van der Waals surface area contributed by atoms with E-state index < -0.39 is 0 Å². The quantitative estimate of drug-likeness (QED) is 0.851. The molecule has 3 nitrogen and oxygen atoms in total. The molecule has 108 valence electrons. The lowest BCUT2D eigenvalue weighted by molar-refractivity contribution is -0.0511. The number of aryl methyl sites for hydroxylation is 1. The molecule has 5 aliphatic rings. The Labute approximate surface area is 121 Å². The van der Waals surface area contributed by atoms with Crippen LogP contribution in [0.5, 0.6) is 0 Å². The van der Waals surface area contributed by atoms with Crippen LogP contribution in [0.3, 0.4) is 0 Å². The van der Waals surface area contributed by atoms with Crippen molar-refractivity contribution in [3.8, 4) is 0 Å². The van der Waals surface area contributed by atoms with Crippen molar-refractivity contribution in [2.45, 2.75) is 64.0 Å². The van der Waals surface area contributed by atoms with Gasteiger partial charge in [0.25, 0.3) is 0 Å². The first kappa shape index (κ1) is 11.8. The third-order valence-corrected chi connectivity index (χ3v) is 6.59. The Bertz CT molecular complexity index is 522. The highest BCUT2D eigenvalue weighted by atomic mass is 15.3. The highest BCUT2D eigenvalue weighted by Gasteiger charge is 2.53. The highest BCUT2D eigenvalue weighted by molar-refractivity contribution is 5.29. The van der Waals surface area contributed by atoms with E-state index in [0.717, 1.165) is 30.8 Å². The lowest BCUT2D eigenvalue weighted by atomic mass is 9.53. The third-order valence-electron chi connectivity index (χ3n) is 6.59. The molecule has 1 aromatic heterocycles. The van der Waals surface area contributed by atoms with Crippen molar-refractivity contribution in [2.24, 2.45) is 17.8 Å². The zero-order chi connectivity index (χ0) is 13.3. The standard InChI is InChI=1S/C17H25N3/c1-11-15-2-3-18-10-16(15)20(19-11)17-7-12-4-13(8-17)6-14(5-12)9-17/h12-14,18H,2-10H2,1H3. The first-order valence-corrected chi connectivity index (χ1v) is 8.52. The van der Waals surface area contributed by atoms with Crippen LogP contribution in [0.25, 0.3) is 0 Å². The van der Waals surface area contributed by atoms with E-state index in [-0.39, 0.29) is 0 Å². The summed E-state index contributed by atoms with van der Waals surface area (Å²) in [5.74, 6) is 2.99. The van der Waals surface area contributed by atoms with E-state index in [2.05, 4.69) is 16.9 Å². The minimum Gasteiger partial charge on any atom is -0.311 e. The number of aromatic nitrogens is 2. The Morgan fingerprint density at radius 1 is 1.10 bits per heavy atom. The Morgan fingerprint density at radius 3 is 2.40 bits per heavy atom. The van der Waals surface area contributed by atoms with Crippen LogP contribution in [-0.2, 0) is 18.5 Å². The van der Waals surface area contributed by atoms with Crippen LogP contribution in [0.4, 0.5) is 0 Å². The molecular weight excluding hydrogens is 246 g/mol. The van der Waals surface area contributed by atoms with Crippen molar-refractivity contribution < 1.29 is 0 Å². The molecule has 0 aromatic carbocycles. The molecule has 3 heteroatoms. The first-order chi connectivity index (χ1) is 9.73. The summed E-state index contributed by atoms with van der Waals surface area (Å²) in [7, 11) is 0. The van der Waals surface area contributed by atoms with Crippen LogP contribution in [0.1, 0.15) is 55.5 Å². The summed E-state index contributed by atoms with van der Waals surface area (Å²) in [6.45, 7) is 4.39. The van der Waals surface area contributed by atoms with Gasteiger partial charge in [0, 0.05) is 6.54 Å². The van der Waals surface area contributed by atoms with Crippen molar-refractivity contribution >= 4 is 0 Å². The summed E-state index contributed by atoms with van der Waals surface area (Å²) in [5.41, 5.74) is 4.78. The number of nitrogens with zero attached hydrogens (tertiary/aromatic N) is 2. The van der Waals surface area contributed by atoms with E-state index in [1.807, 2.05) is 0 Å². The van der Waals surface area contributed by atoms with E-state index in [1.165, 1.54) is 56.3 Å². The van der Waals surface area contributed by atoms with Crippen LogP contribution in [0.2, 0.25) is 0 Å². The average Bonchev–Trinajstić information content (AvgIpc) is 2.76. The molecule has 1 N–H and O–H groups in total. The molecule has 4 bridgehead atoms. The summed E-state index contributed by atoms with van der Waals surface area (Å²) in [4.78, 5) is 0. The van der Waals surface area contributed by atoms with Gasteiger partial charge < -0.3 is 5.32 Å². The van der Waals surface area contributed by atoms with Gasteiger partial charge in [0.2, 0.25) is 0 Å². The minimum absolute atomic E-state index is 0.395. The van der Waals surface area contributed by atoms with Gasteiger partial charge in [0.15, 0.2) is 0 Å². The molecule has 0 spiro atoms. The van der Waals surface area contributed by atoms with Crippen LogP contribution in [0, 0.1) is 24.7 Å². The second-order valence-corrected chi connectivity index (χ2v) is 7.99. The predicted molar refractivity (Wildman–Crippen MR) is 78.5 cm³/mol. The third kappa shape index (κ3) is 1.47. The van der Waals surface area contributed by atoms with Gasteiger partial charge in [-0.05, 0) is 81.7 Å². The lowest BCUT2D eigenvalue weighted by Gasteiger charge is -2.57. The number of nitrogens with one attached hydrogen (secondary N) is 1. The van der Waals surface area contributed by atoms with Gasteiger partial charge in [-0.25, -0.2) is 0 Å². The van der Waals surface area contributed by atoms with Crippen LogP contribution in [0.15, 0.2) is 0 Å². The van der Waals surface area contributed by atoms with Gasteiger partial charge >= 0.3 is 0 Å². The van der Waals surface area contributed by atoms with Crippen molar-refractivity contribution in [2.75, 3.05) is 6.54 Å². The van der Waals surface area contributed by atoms with Crippen molar-refractivity contribution in [1.29, 1.82) is 0 Å². The summed E-state index contributed by atoms with van der Waals surface area (Å²) in [6, 6.07) is 0. The molecule has 0 radical (unpaired) electrons. The molecule has 1 aromatic rings. The number of hydrogen-bond acceptors (Lipinski definition) is 2. The maximum atomic E-state index is 5.06. The fraction of sp³-hybridized carbons (Fsp3) is 0.824. The van der Waals surface area contributed by atoms with E-state index in [9.17, 15) is 0 Å². The molecular formula is C17H25N3. The summed E-state index contributed by atoms with van der Waals surface area (Å²) >= 11 is 0. The van der Waals surface area contributed by atoms with Gasteiger partial charge in [-0.1, -0.05) is 0 Å². The predicted octanol–water partition coefficient (Wildman–Crippen LogP) is 2.76. The fourth-order valence-electron chi connectivity index (χ4n) is 6.25. The van der Waals surface area contributed by atoms with E-state index in [0.29, 0.717) is 5.54 Å². The first-order valence-electron chi connectivity index (χ1n) is 8.52. The van der Waals surface area contributed by atoms with Gasteiger partial charge in [-0.2, -0.15) is 5.10 Å². The smallest absolute Gasteiger partial charge is 0.0639 e. The molecule has 20 heavy (non-hydrogen) atoms. The largest absolute Gasteiger partial charge is 0.311 e. The van der Waals surface area contributed by atoms with Crippen LogP contribution >= 0.6 is 0 Å². The van der Waals surface area contributed by atoms with Gasteiger partial charge in [-0.15, -0.1) is 0 Å². The molecule has 6 rings (SSSR count). The Balaban J connectivity index is 1.63. The Kier molecular flexibility index (Phi) is 2.29. The molecule has 2 heterocycles. The number of hydrogen-bond donors (Lipinski definition) is 1. The maximum Gasteiger partial charge on any atom is 0.0639 e. The molecule has 0 atom stereocenters. The summed E-state index contributed by atoms with van der Waals surface area (Å²) < 4.78 is 2.52. The lowest BCUT2D eigenvalue weighted by Crippen LogP contribution is -2.53. The van der Waals surface area contributed by atoms with E-state index in [4.69, 9.17) is 5.10 Å². The molecule has 0 unspecified atom stereocenters. The molecule has 0 saturated heterocycles. The molecule has 1 aliphatic heterocycles. The monoisotopic (exact) mass is 271 g/mol. The second-order valence-electron chi connectivity index (χ2n) is 7.99. The summed E-state index contributed by atoms with van der Waals surface area (Å²) in [5, 5.41) is 8.62. The minimum atomic E-state index is 0.395. The van der Waals surface area contributed by atoms with E-state index >= 15 is 0 Å². The maximum absolute atomic E-state index is 5.06. The highest BCUT2D eigenvalue weighted by Crippen LogP contribution is 2.59. The topological polar surface area (TPSA) is 29.9 Å². The second kappa shape index (κ2) is 3.88. The Morgan fingerprint density at radius 2 is 1.75 bits per heavy atom. The van der Waals surface area contributed by atoms with Crippen LogP contribution in [-0.4, -0.2) is 16.3 Å². The van der Waals surface area contributed by atoms with Crippen molar-refractivity contribution in [3.05, 3.63) is 17.0 Å². The molecule has 4 aliphatic carbocycles. The molecule has 4 fully saturated rings. The number of rotatable bonds is 1. The van der Waals surface area contributed by atoms with Gasteiger partial charge in [0.05, 0.1) is 16.9 Å². The zero-order valence-corrected chi connectivity index (χ0v) is 12.5. The fourth-order valence-corrected chi connectivity index (χ4v) is 6.25. The molecule has 0 amide bonds. The van der Waals surface area contributed by atoms with Crippen LogP contribution < -0.4 is 5.32 Å². The Hall–Kier alpha value is -0.830. The average molecular weight is 271 g/mol. The van der Waals surface area contributed by atoms with Gasteiger partial charge in [0.1, 0.15) is 0 Å². The zero-order valence-electron chi connectivity index (χ0n) is 12.5. The van der Waals surface area contributed by atoms with Crippen molar-refractivity contribution in [3.63, 3.8) is 0 Å². The van der Waals surface area contributed by atoms with Gasteiger partial charge in [-0.3, -0.25) is 4.68 Å². The summed E-state index contributed by atoms with van der Waals surface area (Å²) in [6.07, 6.45) is 9.94. The van der Waals surface area contributed by atoms with Crippen molar-refractivity contribution in [1.82, 2.24) is 15.1 Å².